The summed E-state index contributed by atoms with van der Waals surface area (Å²) < 4.78 is 33.8. The summed E-state index contributed by atoms with van der Waals surface area (Å²) >= 11 is 1.14. The minimum absolute atomic E-state index is 0.426. The van der Waals surface area contributed by atoms with E-state index in [1.807, 2.05) is 5.32 Å². The van der Waals surface area contributed by atoms with E-state index in [0.717, 1.165) is 22.6 Å². The molecule has 0 aromatic rings. The first-order valence-corrected chi connectivity index (χ1v) is 4.51. The van der Waals surface area contributed by atoms with E-state index >= 15 is 0 Å². The van der Waals surface area contributed by atoms with Crippen LogP contribution in [0.2, 0.25) is 0 Å². The molecule has 0 radical (unpaired) electrons. The van der Waals surface area contributed by atoms with Crippen LogP contribution in [-0.4, -0.2) is 16.1 Å². The van der Waals surface area contributed by atoms with Crippen LogP contribution in [0.5, 0.6) is 0 Å². The maximum atomic E-state index is 11.9. The summed E-state index contributed by atoms with van der Waals surface area (Å²) in [7, 11) is 0. The lowest BCUT2D eigenvalue weighted by Crippen LogP contribution is -2.42. The van der Waals surface area contributed by atoms with Gasteiger partial charge in [0.2, 0.25) is 5.91 Å². The highest BCUT2D eigenvalue weighted by molar-refractivity contribution is 14.1. The average molecular weight is 295 g/mol. The van der Waals surface area contributed by atoms with Crippen LogP contribution in [0.4, 0.5) is 13.2 Å². The summed E-state index contributed by atoms with van der Waals surface area (Å²) in [6.07, 6.45) is -4.37. The number of carbonyl (C=O) groups excluding carboxylic acids is 1. The van der Waals surface area contributed by atoms with Gasteiger partial charge in [-0.25, -0.2) is 0 Å². The Labute approximate surface area is 82.0 Å². The fraction of sp³-hybridized carbons (Fsp3) is 0.833. The highest BCUT2D eigenvalue weighted by atomic mass is 127. The van der Waals surface area contributed by atoms with Gasteiger partial charge in [-0.2, -0.15) is 13.2 Å². The molecule has 0 aromatic heterocycles. The molecule has 0 fully saturated rings. The van der Waals surface area contributed by atoms with E-state index in [1.54, 1.807) is 0 Å². The highest BCUT2D eigenvalue weighted by Gasteiger charge is 2.38. The monoisotopic (exact) mass is 295 g/mol. The molecule has 1 amide bonds. The van der Waals surface area contributed by atoms with Crippen LogP contribution in [0.3, 0.4) is 0 Å². The van der Waals surface area contributed by atoms with E-state index < -0.39 is 22.0 Å². The average Bonchev–Trinajstić information content (AvgIpc) is 1.85. The smallest absolute Gasteiger partial charge is 0.336 e. The Kier molecular flexibility index (Phi) is 4.29. The van der Waals surface area contributed by atoms with Crippen LogP contribution in [0, 0.1) is 5.92 Å². The van der Waals surface area contributed by atoms with Crippen LogP contribution in [0.25, 0.3) is 0 Å². The topological polar surface area (TPSA) is 29.1 Å². The molecule has 0 aliphatic heterocycles. The van der Waals surface area contributed by atoms with Crippen LogP contribution in [0.1, 0.15) is 13.8 Å². The number of rotatable bonds is 2. The van der Waals surface area contributed by atoms with E-state index in [0.29, 0.717) is 0 Å². The summed E-state index contributed by atoms with van der Waals surface area (Å²) in [5, 5.41) is 1.84. The number of alkyl halides is 4. The predicted molar refractivity (Wildman–Crippen MR) is 46.8 cm³/mol. The molecule has 0 spiro atoms. The van der Waals surface area contributed by atoms with Gasteiger partial charge in [0.25, 0.3) is 0 Å². The molecule has 1 N–H and O–H groups in total. The molecule has 6 heteroatoms. The normalized spacial score (nSPS) is 14.6. The van der Waals surface area contributed by atoms with Gasteiger partial charge in [0.1, 0.15) is 0 Å². The third-order valence-corrected chi connectivity index (χ3v) is 2.10. The molecule has 0 saturated carbocycles. The number of halogens is 4. The fourth-order valence-electron chi connectivity index (χ4n) is 0.373. The molecular weight excluding hydrogens is 286 g/mol. The van der Waals surface area contributed by atoms with Crippen molar-refractivity contribution < 1.29 is 18.0 Å². The van der Waals surface area contributed by atoms with Crippen molar-refractivity contribution in [3.63, 3.8) is 0 Å². The molecule has 0 bridgehead atoms. The second kappa shape index (κ2) is 4.29. The van der Waals surface area contributed by atoms with Crippen molar-refractivity contribution in [2.24, 2.45) is 5.92 Å². The van der Waals surface area contributed by atoms with Crippen LogP contribution in [0.15, 0.2) is 0 Å². The van der Waals surface area contributed by atoms with Gasteiger partial charge in [0, 0.05) is 5.92 Å². The molecular formula is C6H9F3INO. The number of hydrogen-bond donors (Lipinski definition) is 1. The first-order valence-electron chi connectivity index (χ1n) is 3.26. The molecule has 1 atom stereocenters. The zero-order chi connectivity index (χ0) is 9.94. The Morgan fingerprint density at radius 3 is 2.08 bits per heavy atom. The van der Waals surface area contributed by atoms with E-state index in [2.05, 4.69) is 0 Å². The number of nitrogens with one attached hydrogen (secondary N) is 1. The van der Waals surface area contributed by atoms with E-state index in [-0.39, 0.29) is 0 Å². The molecule has 0 unspecified atom stereocenters. The minimum atomic E-state index is -4.37. The van der Waals surface area contributed by atoms with Crippen molar-refractivity contribution in [3.8, 4) is 0 Å². The van der Waals surface area contributed by atoms with Crippen molar-refractivity contribution in [2.75, 3.05) is 0 Å². The van der Waals surface area contributed by atoms with Gasteiger partial charge < -0.3 is 5.32 Å². The van der Waals surface area contributed by atoms with Crippen molar-refractivity contribution in [3.05, 3.63) is 0 Å². The summed E-state index contributed by atoms with van der Waals surface area (Å²) in [6.45, 7) is 3.07. The summed E-state index contributed by atoms with van der Waals surface area (Å²) in [6, 6.07) is 0. The van der Waals surface area contributed by atoms with Gasteiger partial charge in [0.15, 0.2) is 4.05 Å². The molecule has 0 saturated heterocycles. The second-order valence-corrected chi connectivity index (χ2v) is 3.81. The maximum absolute atomic E-state index is 11.9. The molecule has 2 nitrogen and oxygen atoms in total. The Morgan fingerprint density at radius 2 is 1.83 bits per heavy atom. The Bertz CT molecular complexity index is 169. The quantitative estimate of drug-likeness (QED) is 0.472. The summed E-state index contributed by atoms with van der Waals surface area (Å²) in [4.78, 5) is 10.8. The van der Waals surface area contributed by atoms with Gasteiger partial charge in [0.05, 0.1) is 0 Å². The third-order valence-electron chi connectivity index (χ3n) is 1.08. The minimum Gasteiger partial charge on any atom is -0.336 e. The Hall–Kier alpha value is -0.0100. The molecule has 0 aromatic carbocycles. The first-order chi connectivity index (χ1) is 5.25. The lowest BCUT2D eigenvalue weighted by Gasteiger charge is -2.16. The zero-order valence-electron chi connectivity index (χ0n) is 6.57. The van der Waals surface area contributed by atoms with E-state index in [1.165, 1.54) is 13.8 Å². The van der Waals surface area contributed by atoms with Crippen LogP contribution in [-0.2, 0) is 4.79 Å². The molecule has 0 aliphatic carbocycles. The third kappa shape index (κ3) is 4.13. The van der Waals surface area contributed by atoms with Crippen LogP contribution >= 0.6 is 22.6 Å². The largest absolute Gasteiger partial charge is 0.417 e. The Balaban J connectivity index is 4.02. The fourth-order valence-corrected chi connectivity index (χ4v) is 0.680. The summed E-state index contributed by atoms with van der Waals surface area (Å²) in [5.74, 6) is -1.02. The van der Waals surface area contributed by atoms with Crippen molar-refractivity contribution in [1.82, 2.24) is 5.32 Å². The van der Waals surface area contributed by atoms with Crippen molar-refractivity contribution in [1.29, 1.82) is 0 Å². The predicted octanol–water partition coefficient (Wildman–Crippen LogP) is 2.08. The molecule has 0 rings (SSSR count). The Morgan fingerprint density at radius 1 is 1.42 bits per heavy atom. The standard InChI is InChI=1S/C6H9F3INO/c1-3(2)4(12)11-5(10)6(7,8)9/h3,5H,1-2H3,(H,11,12)/t5-/m1/s1. The van der Waals surface area contributed by atoms with E-state index in [4.69, 9.17) is 0 Å². The van der Waals surface area contributed by atoms with Gasteiger partial charge >= 0.3 is 6.18 Å². The van der Waals surface area contributed by atoms with Gasteiger partial charge in [-0.05, 0) is 22.6 Å². The zero-order valence-corrected chi connectivity index (χ0v) is 8.73. The number of amides is 1. The molecule has 0 heterocycles. The maximum Gasteiger partial charge on any atom is 0.417 e. The highest BCUT2D eigenvalue weighted by Crippen LogP contribution is 2.24. The molecule has 0 aliphatic rings. The van der Waals surface area contributed by atoms with Crippen LogP contribution < -0.4 is 5.32 Å². The van der Waals surface area contributed by atoms with Gasteiger partial charge in [-0.3, -0.25) is 4.79 Å². The van der Waals surface area contributed by atoms with Gasteiger partial charge in [-0.1, -0.05) is 13.8 Å². The van der Waals surface area contributed by atoms with Crippen molar-refractivity contribution >= 4 is 28.5 Å². The van der Waals surface area contributed by atoms with Crippen molar-refractivity contribution in [2.45, 2.75) is 24.1 Å². The SMILES string of the molecule is CC(C)C(=O)N[C@@H](I)C(F)(F)F. The number of hydrogen-bond acceptors (Lipinski definition) is 1. The first kappa shape index (κ1) is 12.0. The lowest BCUT2D eigenvalue weighted by atomic mass is 10.2. The molecule has 72 valence electrons. The van der Waals surface area contributed by atoms with E-state index in [9.17, 15) is 18.0 Å². The number of carbonyl (C=O) groups is 1. The second-order valence-electron chi connectivity index (χ2n) is 2.57. The van der Waals surface area contributed by atoms with Gasteiger partial charge in [-0.15, -0.1) is 0 Å². The lowest BCUT2D eigenvalue weighted by molar-refractivity contribution is -0.143. The molecule has 12 heavy (non-hydrogen) atoms. The summed E-state index contributed by atoms with van der Waals surface area (Å²) in [5.41, 5.74) is 0.